The van der Waals surface area contributed by atoms with Crippen molar-refractivity contribution in [3.05, 3.63) is 99.6 Å². The highest BCUT2D eigenvalue weighted by Crippen LogP contribution is 2.29. The summed E-state index contributed by atoms with van der Waals surface area (Å²) < 4.78 is 0. The lowest BCUT2D eigenvalue weighted by atomic mass is 10.1. The Morgan fingerprint density at radius 2 is 1.59 bits per heavy atom. The topological polar surface area (TPSA) is 110 Å². The van der Waals surface area contributed by atoms with Crippen LogP contribution in [0.15, 0.2) is 72.8 Å². The molecule has 0 aliphatic carbocycles. The van der Waals surface area contributed by atoms with Crippen LogP contribution in [0.1, 0.15) is 31.1 Å². The number of anilines is 2. The number of fused-ring (bicyclic) bond motifs is 1. The number of nitrogens with one attached hydrogen (secondary N) is 1. The van der Waals surface area contributed by atoms with Crippen molar-refractivity contribution in [3.8, 4) is 0 Å². The van der Waals surface area contributed by atoms with Gasteiger partial charge in [0, 0.05) is 23.4 Å². The fourth-order valence-corrected chi connectivity index (χ4v) is 3.09. The minimum absolute atomic E-state index is 0.130. The zero-order chi connectivity index (χ0) is 20.5. The number of nitro benzene ring substituents is 1. The molecule has 1 N–H and O–H groups in total. The van der Waals surface area contributed by atoms with E-state index in [0.29, 0.717) is 5.69 Å². The molecule has 1 heterocycles. The number of imide groups is 1. The van der Waals surface area contributed by atoms with Crippen LogP contribution < -0.4 is 10.2 Å². The third-order valence-corrected chi connectivity index (χ3v) is 4.48. The van der Waals surface area contributed by atoms with E-state index in [4.69, 9.17) is 0 Å². The van der Waals surface area contributed by atoms with E-state index in [1.54, 1.807) is 30.3 Å². The van der Waals surface area contributed by atoms with E-state index >= 15 is 0 Å². The summed E-state index contributed by atoms with van der Waals surface area (Å²) in [5, 5.41) is 13.4. The Morgan fingerprint density at radius 1 is 0.862 bits per heavy atom. The predicted molar refractivity (Wildman–Crippen MR) is 105 cm³/mol. The monoisotopic (exact) mass is 387 g/mol. The molecule has 0 radical (unpaired) electrons. The van der Waals surface area contributed by atoms with Crippen molar-refractivity contribution in [3.63, 3.8) is 0 Å². The van der Waals surface area contributed by atoms with Crippen LogP contribution in [-0.2, 0) is 0 Å². The third-order valence-electron chi connectivity index (χ3n) is 4.48. The van der Waals surface area contributed by atoms with Crippen LogP contribution >= 0.6 is 0 Å². The Balaban J connectivity index is 1.61. The van der Waals surface area contributed by atoms with Crippen molar-refractivity contribution in [1.29, 1.82) is 0 Å². The molecule has 0 aromatic heterocycles. The number of nitrogens with zero attached hydrogens (tertiary/aromatic N) is 2. The van der Waals surface area contributed by atoms with Gasteiger partial charge >= 0.3 is 0 Å². The van der Waals surface area contributed by atoms with E-state index in [1.807, 2.05) is 0 Å². The number of hydrogen-bond acceptors (Lipinski definition) is 5. The van der Waals surface area contributed by atoms with Gasteiger partial charge in [-0.05, 0) is 36.4 Å². The van der Waals surface area contributed by atoms with Crippen molar-refractivity contribution < 1.29 is 19.3 Å². The molecule has 1 aliphatic rings. The van der Waals surface area contributed by atoms with Crippen LogP contribution in [0.4, 0.5) is 17.1 Å². The Labute approximate surface area is 164 Å². The van der Waals surface area contributed by atoms with Gasteiger partial charge in [-0.3, -0.25) is 24.5 Å². The third kappa shape index (κ3) is 3.23. The second-order valence-electron chi connectivity index (χ2n) is 6.30. The molecular formula is C21H13N3O5. The average Bonchev–Trinajstić information content (AvgIpc) is 2.98. The quantitative estimate of drug-likeness (QED) is 0.417. The molecule has 3 aromatic rings. The van der Waals surface area contributed by atoms with E-state index < -0.39 is 22.6 Å². The van der Waals surface area contributed by atoms with E-state index in [-0.39, 0.29) is 28.1 Å². The highest BCUT2D eigenvalue weighted by atomic mass is 16.6. The Bertz CT molecular complexity index is 1170. The van der Waals surface area contributed by atoms with Crippen molar-refractivity contribution >= 4 is 34.8 Å². The summed E-state index contributed by atoms with van der Waals surface area (Å²) in [4.78, 5) is 49.3. The summed E-state index contributed by atoms with van der Waals surface area (Å²) >= 11 is 0. The normalized spacial score (nSPS) is 12.6. The maximum Gasteiger partial charge on any atom is 0.271 e. The second kappa shape index (κ2) is 7.01. The highest BCUT2D eigenvalue weighted by Gasteiger charge is 2.37. The van der Waals surface area contributed by atoms with Crippen molar-refractivity contribution in [1.82, 2.24) is 0 Å². The first kappa shape index (κ1) is 18.1. The van der Waals surface area contributed by atoms with Gasteiger partial charge in [0.15, 0.2) is 0 Å². The van der Waals surface area contributed by atoms with E-state index in [9.17, 15) is 24.5 Å². The van der Waals surface area contributed by atoms with E-state index in [1.165, 1.54) is 42.5 Å². The second-order valence-corrected chi connectivity index (χ2v) is 6.30. The molecule has 0 atom stereocenters. The fraction of sp³-hybridized carbons (Fsp3) is 0. The molecule has 0 unspecified atom stereocenters. The predicted octanol–water partition coefficient (Wildman–Crippen LogP) is 3.65. The standard InChI is InChI=1S/C21H13N3O5/c25-19(22-14-5-4-8-16(12-14)24(28)29)13-9-10-17-18(11-13)21(27)23(20(17)26)15-6-2-1-3-7-15/h1-12H,(H,22,25). The number of hydrogen-bond donors (Lipinski definition) is 1. The molecule has 3 amide bonds. The summed E-state index contributed by atoms with van der Waals surface area (Å²) in [7, 11) is 0. The van der Waals surface area contributed by atoms with Crippen LogP contribution in [0.25, 0.3) is 0 Å². The fourth-order valence-electron chi connectivity index (χ4n) is 3.09. The van der Waals surface area contributed by atoms with Gasteiger partial charge in [-0.25, -0.2) is 4.90 Å². The molecule has 142 valence electrons. The van der Waals surface area contributed by atoms with Crippen molar-refractivity contribution in [2.45, 2.75) is 0 Å². The minimum atomic E-state index is -0.562. The number of rotatable bonds is 4. The number of non-ortho nitro benzene ring substituents is 1. The summed E-state index contributed by atoms with van der Waals surface area (Å²) in [5.41, 5.74) is 1.04. The zero-order valence-corrected chi connectivity index (χ0v) is 14.9. The number of carbonyl (C=O) groups excluding carboxylic acids is 3. The van der Waals surface area contributed by atoms with Crippen molar-refractivity contribution in [2.24, 2.45) is 0 Å². The molecule has 8 heteroatoms. The Morgan fingerprint density at radius 3 is 2.31 bits per heavy atom. The van der Waals surface area contributed by atoms with Crippen LogP contribution in [0.5, 0.6) is 0 Å². The summed E-state index contributed by atoms with van der Waals surface area (Å²) in [6, 6.07) is 18.3. The number of para-hydroxylation sites is 1. The van der Waals surface area contributed by atoms with Gasteiger partial charge in [0.1, 0.15) is 0 Å². The molecular weight excluding hydrogens is 374 g/mol. The van der Waals surface area contributed by atoms with Gasteiger partial charge in [0.25, 0.3) is 23.4 Å². The lowest BCUT2D eigenvalue weighted by molar-refractivity contribution is -0.384. The molecule has 3 aromatic carbocycles. The maximum atomic E-state index is 12.8. The first-order chi connectivity index (χ1) is 14.0. The molecule has 0 spiro atoms. The summed E-state index contributed by atoms with van der Waals surface area (Å²) in [6.45, 7) is 0. The number of benzene rings is 3. The number of nitro groups is 1. The Kier molecular flexibility index (Phi) is 4.36. The minimum Gasteiger partial charge on any atom is -0.322 e. The van der Waals surface area contributed by atoms with E-state index in [2.05, 4.69) is 5.32 Å². The molecule has 4 rings (SSSR count). The zero-order valence-electron chi connectivity index (χ0n) is 14.9. The van der Waals surface area contributed by atoms with Crippen LogP contribution in [0, 0.1) is 10.1 Å². The lowest BCUT2D eigenvalue weighted by Gasteiger charge is -2.13. The van der Waals surface area contributed by atoms with Gasteiger partial charge in [0.2, 0.25) is 0 Å². The van der Waals surface area contributed by atoms with E-state index in [0.717, 1.165) is 4.90 Å². The molecule has 0 bridgehead atoms. The highest BCUT2D eigenvalue weighted by molar-refractivity contribution is 6.34. The van der Waals surface area contributed by atoms with Gasteiger partial charge in [-0.2, -0.15) is 0 Å². The summed E-state index contributed by atoms with van der Waals surface area (Å²) in [6.07, 6.45) is 0. The smallest absolute Gasteiger partial charge is 0.271 e. The lowest BCUT2D eigenvalue weighted by Crippen LogP contribution is -2.29. The van der Waals surface area contributed by atoms with Crippen LogP contribution in [0.3, 0.4) is 0 Å². The van der Waals surface area contributed by atoms with Crippen LogP contribution in [-0.4, -0.2) is 22.6 Å². The SMILES string of the molecule is O=C(Nc1cccc([N+](=O)[O-])c1)c1ccc2c(c1)C(=O)N(c1ccccc1)C2=O. The number of carbonyl (C=O) groups is 3. The van der Waals surface area contributed by atoms with Gasteiger partial charge < -0.3 is 5.32 Å². The molecule has 0 saturated heterocycles. The van der Waals surface area contributed by atoms with Gasteiger partial charge in [0.05, 0.1) is 21.7 Å². The average molecular weight is 387 g/mol. The molecule has 0 fully saturated rings. The maximum absolute atomic E-state index is 12.8. The van der Waals surface area contributed by atoms with Gasteiger partial charge in [-0.15, -0.1) is 0 Å². The van der Waals surface area contributed by atoms with Gasteiger partial charge in [-0.1, -0.05) is 24.3 Å². The number of amides is 3. The molecule has 1 aliphatic heterocycles. The van der Waals surface area contributed by atoms with Crippen molar-refractivity contribution in [2.75, 3.05) is 10.2 Å². The molecule has 29 heavy (non-hydrogen) atoms. The first-order valence-electron chi connectivity index (χ1n) is 8.59. The molecule has 8 nitrogen and oxygen atoms in total. The Hall–Kier alpha value is -4.33. The van der Waals surface area contributed by atoms with Crippen LogP contribution in [0.2, 0.25) is 0 Å². The first-order valence-corrected chi connectivity index (χ1v) is 8.59. The largest absolute Gasteiger partial charge is 0.322 e. The summed E-state index contributed by atoms with van der Waals surface area (Å²) in [5.74, 6) is -1.52. The molecule has 0 saturated carbocycles.